The largest absolute Gasteiger partial charge is 0.494 e. The average molecular weight is 379 g/mol. The summed E-state index contributed by atoms with van der Waals surface area (Å²) in [7, 11) is 0. The van der Waals surface area contributed by atoms with Crippen molar-refractivity contribution in [2.24, 2.45) is 0 Å². The van der Waals surface area contributed by atoms with Gasteiger partial charge in [-0.25, -0.2) is 0 Å². The molecule has 0 aromatic heterocycles. The lowest BCUT2D eigenvalue weighted by molar-refractivity contribution is 0.125. The van der Waals surface area contributed by atoms with Crippen LogP contribution in [0.5, 0.6) is 11.5 Å². The van der Waals surface area contributed by atoms with Crippen LogP contribution < -0.4 is 9.47 Å². The molecule has 0 amide bonds. The molecule has 5 heteroatoms. The Balaban J connectivity index is 2.04. The van der Waals surface area contributed by atoms with E-state index in [-0.39, 0.29) is 24.5 Å². The summed E-state index contributed by atoms with van der Waals surface area (Å²) in [5, 5.41) is 18.3. The van der Waals surface area contributed by atoms with E-state index in [1.165, 1.54) is 5.56 Å². The predicted molar refractivity (Wildman–Crippen MR) is 104 cm³/mol. The topological polar surface area (TPSA) is 58.9 Å². The number of hydrogen-bond acceptors (Lipinski definition) is 4. The molecule has 26 heavy (non-hydrogen) atoms. The van der Waals surface area contributed by atoms with Crippen LogP contribution in [0.25, 0.3) is 0 Å². The number of aliphatic hydroxyl groups is 2. The van der Waals surface area contributed by atoms with E-state index in [2.05, 4.69) is 26.0 Å². The molecule has 2 rings (SSSR count). The van der Waals surface area contributed by atoms with Crippen molar-refractivity contribution >= 4 is 11.6 Å². The molecule has 4 nitrogen and oxygen atoms in total. The van der Waals surface area contributed by atoms with Gasteiger partial charge < -0.3 is 19.7 Å². The third-order valence-corrected chi connectivity index (χ3v) is 4.70. The molecule has 1 atom stereocenters. The monoisotopic (exact) mass is 378 g/mol. The van der Waals surface area contributed by atoms with Gasteiger partial charge in [-0.05, 0) is 35.4 Å². The number of alkyl halides is 1. The Labute approximate surface area is 160 Å². The Bertz CT molecular complexity index is 653. The summed E-state index contributed by atoms with van der Waals surface area (Å²) >= 11 is 5.57. The first-order chi connectivity index (χ1) is 12.5. The lowest BCUT2D eigenvalue weighted by atomic mass is 9.78. The standard InChI is InChI=1S/C21H27ClO4/c1-21(2,16-4-8-19(9-5-16)25-13-3-12-23)17-6-10-20(11-7-17)26-15-18(24)14-22/h4-11,18,23-24H,3,12-15H2,1-2H3. The van der Waals surface area contributed by atoms with Crippen molar-refractivity contribution in [3.63, 3.8) is 0 Å². The van der Waals surface area contributed by atoms with Gasteiger partial charge in [0.15, 0.2) is 0 Å². The van der Waals surface area contributed by atoms with E-state index in [1.807, 2.05) is 36.4 Å². The molecule has 2 aromatic carbocycles. The van der Waals surface area contributed by atoms with Gasteiger partial charge in [0.05, 0.1) is 12.5 Å². The smallest absolute Gasteiger partial charge is 0.119 e. The zero-order valence-corrected chi connectivity index (χ0v) is 16.1. The van der Waals surface area contributed by atoms with Crippen molar-refractivity contribution < 1.29 is 19.7 Å². The summed E-state index contributed by atoms with van der Waals surface area (Å²) in [5.74, 6) is 1.67. The normalized spacial score (nSPS) is 12.7. The summed E-state index contributed by atoms with van der Waals surface area (Å²) in [6.45, 7) is 5.17. The van der Waals surface area contributed by atoms with Crippen LogP contribution in [0.2, 0.25) is 0 Å². The molecule has 142 valence electrons. The molecule has 1 unspecified atom stereocenters. The van der Waals surface area contributed by atoms with E-state index in [1.54, 1.807) is 0 Å². The van der Waals surface area contributed by atoms with Crippen LogP contribution in [-0.2, 0) is 5.41 Å². The fourth-order valence-electron chi connectivity index (χ4n) is 2.59. The molecule has 0 fully saturated rings. The van der Waals surface area contributed by atoms with Crippen molar-refractivity contribution in [3.05, 3.63) is 59.7 Å². The Hall–Kier alpha value is -1.75. The van der Waals surface area contributed by atoms with E-state index < -0.39 is 6.10 Å². The van der Waals surface area contributed by atoms with Gasteiger partial charge in [-0.3, -0.25) is 0 Å². The van der Waals surface area contributed by atoms with Crippen LogP contribution in [0.4, 0.5) is 0 Å². The van der Waals surface area contributed by atoms with Gasteiger partial charge >= 0.3 is 0 Å². The number of aliphatic hydroxyl groups excluding tert-OH is 2. The first-order valence-corrected chi connectivity index (χ1v) is 9.32. The van der Waals surface area contributed by atoms with Crippen molar-refractivity contribution in [1.29, 1.82) is 0 Å². The van der Waals surface area contributed by atoms with Gasteiger partial charge in [-0.15, -0.1) is 11.6 Å². The van der Waals surface area contributed by atoms with Gasteiger partial charge in [0, 0.05) is 18.4 Å². The van der Waals surface area contributed by atoms with Crippen molar-refractivity contribution in [1.82, 2.24) is 0 Å². The van der Waals surface area contributed by atoms with Crippen LogP contribution in [-0.4, -0.2) is 42.0 Å². The fourth-order valence-corrected chi connectivity index (χ4v) is 2.68. The molecule has 0 aliphatic carbocycles. The number of hydrogen-bond donors (Lipinski definition) is 2. The SMILES string of the molecule is CC(C)(c1ccc(OCCCO)cc1)c1ccc(OCC(O)CCl)cc1. The second-order valence-electron chi connectivity index (χ2n) is 6.72. The minimum absolute atomic E-state index is 0.135. The molecule has 0 heterocycles. The zero-order chi connectivity index (χ0) is 19.0. The molecule has 0 spiro atoms. The van der Waals surface area contributed by atoms with Gasteiger partial charge in [-0.1, -0.05) is 38.1 Å². The molecular formula is C21H27ClO4. The molecule has 2 aromatic rings. The Kier molecular flexibility index (Phi) is 7.76. The van der Waals surface area contributed by atoms with Gasteiger partial charge in [0.2, 0.25) is 0 Å². The number of benzene rings is 2. The van der Waals surface area contributed by atoms with Crippen LogP contribution >= 0.6 is 11.6 Å². The van der Waals surface area contributed by atoms with Gasteiger partial charge in [-0.2, -0.15) is 0 Å². The molecule has 0 saturated heterocycles. The van der Waals surface area contributed by atoms with E-state index in [9.17, 15) is 5.11 Å². The second kappa shape index (κ2) is 9.81. The highest BCUT2D eigenvalue weighted by molar-refractivity contribution is 6.18. The summed E-state index contributed by atoms with van der Waals surface area (Å²) in [6.07, 6.45) is -0.0327. The molecule has 0 aliphatic heterocycles. The molecule has 0 aliphatic rings. The third kappa shape index (κ3) is 5.63. The van der Waals surface area contributed by atoms with E-state index in [0.717, 1.165) is 11.3 Å². The lowest BCUT2D eigenvalue weighted by Gasteiger charge is -2.26. The van der Waals surface area contributed by atoms with Gasteiger partial charge in [0.25, 0.3) is 0 Å². The molecule has 0 saturated carbocycles. The van der Waals surface area contributed by atoms with Crippen molar-refractivity contribution in [3.8, 4) is 11.5 Å². The molecule has 2 N–H and O–H groups in total. The first-order valence-electron chi connectivity index (χ1n) is 8.79. The number of halogens is 1. The Morgan fingerprint density at radius 2 is 1.42 bits per heavy atom. The van der Waals surface area contributed by atoms with Gasteiger partial charge in [0.1, 0.15) is 24.2 Å². The Morgan fingerprint density at radius 1 is 0.923 bits per heavy atom. The third-order valence-electron chi connectivity index (χ3n) is 4.34. The average Bonchev–Trinajstić information content (AvgIpc) is 2.67. The van der Waals surface area contributed by atoms with Crippen LogP contribution in [0.3, 0.4) is 0 Å². The van der Waals surface area contributed by atoms with E-state index in [0.29, 0.717) is 18.8 Å². The second-order valence-corrected chi connectivity index (χ2v) is 7.03. The minimum Gasteiger partial charge on any atom is -0.494 e. The summed E-state index contributed by atoms with van der Waals surface area (Å²) in [6, 6.07) is 15.9. The predicted octanol–water partition coefficient (Wildman–Crippen LogP) is 3.75. The maximum Gasteiger partial charge on any atom is 0.119 e. The Morgan fingerprint density at radius 3 is 1.88 bits per heavy atom. The lowest BCUT2D eigenvalue weighted by Crippen LogP contribution is -2.20. The van der Waals surface area contributed by atoms with Crippen molar-refractivity contribution in [2.45, 2.75) is 31.8 Å². The zero-order valence-electron chi connectivity index (χ0n) is 15.3. The molecule has 0 bridgehead atoms. The van der Waals surface area contributed by atoms with E-state index >= 15 is 0 Å². The highest BCUT2D eigenvalue weighted by atomic mass is 35.5. The first kappa shape index (κ1) is 20.6. The van der Waals surface area contributed by atoms with Crippen molar-refractivity contribution in [2.75, 3.05) is 25.7 Å². The quantitative estimate of drug-likeness (QED) is 0.488. The summed E-state index contributed by atoms with van der Waals surface area (Å²) in [5.41, 5.74) is 2.17. The summed E-state index contributed by atoms with van der Waals surface area (Å²) < 4.78 is 11.1. The number of ether oxygens (including phenoxy) is 2. The maximum absolute atomic E-state index is 9.46. The molecular weight excluding hydrogens is 352 g/mol. The summed E-state index contributed by atoms with van der Waals surface area (Å²) in [4.78, 5) is 0. The fraction of sp³-hybridized carbons (Fsp3) is 0.429. The number of rotatable bonds is 10. The minimum atomic E-state index is -0.661. The van der Waals surface area contributed by atoms with Crippen LogP contribution in [0.1, 0.15) is 31.4 Å². The van der Waals surface area contributed by atoms with Crippen LogP contribution in [0, 0.1) is 0 Å². The van der Waals surface area contributed by atoms with E-state index in [4.69, 9.17) is 26.2 Å². The molecule has 0 radical (unpaired) electrons. The highest BCUT2D eigenvalue weighted by Crippen LogP contribution is 2.33. The maximum atomic E-state index is 9.46. The highest BCUT2D eigenvalue weighted by Gasteiger charge is 2.23. The van der Waals surface area contributed by atoms with Crippen LogP contribution in [0.15, 0.2) is 48.5 Å².